The lowest BCUT2D eigenvalue weighted by atomic mass is 10.2. The molecular weight excluding hydrogens is 288 g/mol. The molecule has 0 amide bonds. The van der Waals surface area contributed by atoms with Crippen LogP contribution >= 0.6 is 11.3 Å². The second-order valence-corrected chi connectivity index (χ2v) is 5.49. The number of aromatic nitrogens is 3. The summed E-state index contributed by atoms with van der Waals surface area (Å²) in [5, 5.41) is 13.7. The normalized spacial score (nSPS) is 10.8. The second-order valence-electron chi connectivity index (χ2n) is 4.42. The third-order valence-corrected chi connectivity index (χ3v) is 3.95. The smallest absolute Gasteiger partial charge is 0.151 e. The van der Waals surface area contributed by atoms with Crippen molar-refractivity contribution in [1.29, 1.82) is 0 Å². The molecule has 0 spiro atoms. The minimum atomic E-state index is 0.724. The van der Waals surface area contributed by atoms with Gasteiger partial charge in [-0.1, -0.05) is 11.3 Å². The van der Waals surface area contributed by atoms with E-state index in [4.69, 9.17) is 9.47 Å². The maximum Gasteiger partial charge on any atom is 0.151 e. The molecule has 21 heavy (non-hydrogen) atoms. The van der Waals surface area contributed by atoms with Gasteiger partial charge in [-0.05, 0) is 19.0 Å². The van der Waals surface area contributed by atoms with Crippen molar-refractivity contribution in [3.63, 3.8) is 0 Å². The molecule has 114 valence electrons. The zero-order valence-corrected chi connectivity index (χ0v) is 13.2. The Balaban J connectivity index is 1.87. The van der Waals surface area contributed by atoms with Gasteiger partial charge in [0, 0.05) is 26.3 Å². The van der Waals surface area contributed by atoms with Gasteiger partial charge < -0.3 is 14.8 Å². The van der Waals surface area contributed by atoms with E-state index < -0.39 is 0 Å². The summed E-state index contributed by atoms with van der Waals surface area (Å²) in [4.78, 5) is 4.05. The molecule has 2 aromatic rings. The Morgan fingerprint density at radius 1 is 1.24 bits per heavy atom. The first-order valence-corrected chi connectivity index (χ1v) is 7.67. The van der Waals surface area contributed by atoms with Crippen molar-refractivity contribution in [3.8, 4) is 16.3 Å². The summed E-state index contributed by atoms with van der Waals surface area (Å²) in [5.41, 5.74) is 0.939. The molecular formula is C14H20N4O2S. The van der Waals surface area contributed by atoms with Crippen molar-refractivity contribution >= 4 is 11.3 Å². The third kappa shape index (κ3) is 4.73. The second kappa shape index (κ2) is 8.66. The first kappa shape index (κ1) is 15.8. The molecule has 0 atom stereocenters. The molecule has 2 heterocycles. The van der Waals surface area contributed by atoms with E-state index in [0.29, 0.717) is 0 Å². The van der Waals surface area contributed by atoms with Crippen molar-refractivity contribution in [3.05, 3.63) is 23.5 Å². The Labute approximate surface area is 128 Å². The monoisotopic (exact) mass is 308 g/mol. The minimum absolute atomic E-state index is 0.724. The Kier molecular flexibility index (Phi) is 6.52. The highest BCUT2D eigenvalue weighted by Gasteiger charge is 2.11. The summed E-state index contributed by atoms with van der Waals surface area (Å²) in [6.07, 6.45) is 5.38. The van der Waals surface area contributed by atoms with Gasteiger partial charge in [-0.3, -0.25) is 4.98 Å². The van der Waals surface area contributed by atoms with Crippen LogP contribution in [-0.2, 0) is 11.2 Å². The molecule has 0 aromatic carbocycles. The van der Waals surface area contributed by atoms with Gasteiger partial charge in [0.2, 0.25) is 0 Å². The number of hydrogen-bond acceptors (Lipinski definition) is 7. The van der Waals surface area contributed by atoms with Gasteiger partial charge in [0.05, 0.1) is 25.5 Å². The van der Waals surface area contributed by atoms with Crippen LogP contribution in [0.1, 0.15) is 11.4 Å². The molecule has 1 N–H and O–H groups in total. The number of ether oxygens (including phenoxy) is 2. The summed E-state index contributed by atoms with van der Waals surface area (Å²) in [6, 6.07) is 1.90. The highest BCUT2D eigenvalue weighted by atomic mass is 32.1. The number of nitrogens with zero attached hydrogens (tertiary/aromatic N) is 3. The van der Waals surface area contributed by atoms with E-state index >= 15 is 0 Å². The van der Waals surface area contributed by atoms with Crippen molar-refractivity contribution < 1.29 is 9.47 Å². The molecule has 0 saturated carbocycles. The Bertz CT molecular complexity index is 547. The number of methoxy groups -OCH3 is 2. The lowest BCUT2D eigenvalue weighted by Gasteiger charge is -2.03. The maximum atomic E-state index is 5.30. The van der Waals surface area contributed by atoms with Crippen LogP contribution in [0.5, 0.6) is 5.75 Å². The van der Waals surface area contributed by atoms with E-state index in [1.54, 1.807) is 38.0 Å². The number of hydrogen-bond donors (Lipinski definition) is 1. The summed E-state index contributed by atoms with van der Waals surface area (Å²) in [5.74, 6) is 0.724. The van der Waals surface area contributed by atoms with Gasteiger partial charge in [-0.25, -0.2) is 0 Å². The van der Waals surface area contributed by atoms with Gasteiger partial charge in [0.15, 0.2) is 5.01 Å². The standard InChI is InChI=1S/C14H20N4O2S/c1-19-9-8-15-6-3-4-13-17-18-14(21-13)11-5-7-16-10-12(11)20-2/h5,7,10,15H,3-4,6,8-9H2,1-2H3. The lowest BCUT2D eigenvalue weighted by molar-refractivity contribution is 0.199. The topological polar surface area (TPSA) is 69.2 Å². The van der Waals surface area contributed by atoms with Crippen LogP contribution in [0.4, 0.5) is 0 Å². The number of pyridine rings is 1. The molecule has 0 aliphatic carbocycles. The molecule has 0 fully saturated rings. The lowest BCUT2D eigenvalue weighted by Crippen LogP contribution is -2.20. The molecule has 0 saturated heterocycles. The van der Waals surface area contributed by atoms with Crippen LogP contribution in [0.15, 0.2) is 18.5 Å². The fourth-order valence-corrected chi connectivity index (χ4v) is 2.76. The maximum absolute atomic E-state index is 5.30. The predicted octanol–water partition coefficient (Wildman–Crippen LogP) is 1.78. The average Bonchev–Trinajstić information content (AvgIpc) is 2.99. The summed E-state index contributed by atoms with van der Waals surface area (Å²) in [7, 11) is 3.34. The van der Waals surface area contributed by atoms with Gasteiger partial charge in [0.1, 0.15) is 10.8 Å². The van der Waals surface area contributed by atoms with Crippen molar-refractivity contribution in [2.75, 3.05) is 33.9 Å². The zero-order valence-electron chi connectivity index (χ0n) is 12.3. The molecule has 0 radical (unpaired) electrons. The van der Waals surface area contributed by atoms with E-state index in [9.17, 15) is 0 Å². The number of aryl methyl sites for hydroxylation is 1. The fourth-order valence-electron chi connectivity index (χ4n) is 1.85. The largest absolute Gasteiger partial charge is 0.494 e. The fraction of sp³-hybridized carbons (Fsp3) is 0.500. The van der Waals surface area contributed by atoms with Crippen LogP contribution in [0.2, 0.25) is 0 Å². The molecule has 2 aromatic heterocycles. The van der Waals surface area contributed by atoms with Gasteiger partial charge >= 0.3 is 0 Å². The van der Waals surface area contributed by atoms with Crippen LogP contribution in [0.3, 0.4) is 0 Å². The molecule has 2 rings (SSSR count). The number of nitrogens with one attached hydrogen (secondary N) is 1. The Morgan fingerprint density at radius 3 is 2.95 bits per heavy atom. The van der Waals surface area contributed by atoms with Crippen molar-refractivity contribution in [2.24, 2.45) is 0 Å². The summed E-state index contributed by atoms with van der Waals surface area (Å²) >= 11 is 1.60. The SMILES string of the molecule is COCCNCCCc1nnc(-c2ccncc2OC)s1. The van der Waals surface area contributed by atoms with Crippen LogP contribution < -0.4 is 10.1 Å². The predicted molar refractivity (Wildman–Crippen MR) is 82.8 cm³/mol. The zero-order chi connectivity index (χ0) is 14.9. The molecule has 0 unspecified atom stereocenters. The first-order chi connectivity index (χ1) is 10.3. The molecule has 0 bridgehead atoms. The van der Waals surface area contributed by atoms with E-state index in [1.165, 1.54) is 0 Å². The molecule has 0 aliphatic heterocycles. The molecule has 7 heteroatoms. The van der Waals surface area contributed by atoms with Crippen LogP contribution in [0, 0.1) is 0 Å². The Morgan fingerprint density at radius 2 is 2.14 bits per heavy atom. The quantitative estimate of drug-likeness (QED) is 0.712. The highest BCUT2D eigenvalue weighted by molar-refractivity contribution is 7.14. The molecule has 6 nitrogen and oxygen atoms in total. The first-order valence-electron chi connectivity index (χ1n) is 6.85. The van der Waals surface area contributed by atoms with Gasteiger partial charge in [0.25, 0.3) is 0 Å². The van der Waals surface area contributed by atoms with Gasteiger partial charge in [-0.2, -0.15) is 0 Å². The van der Waals surface area contributed by atoms with E-state index in [1.807, 2.05) is 6.07 Å². The van der Waals surface area contributed by atoms with Crippen LogP contribution in [0.25, 0.3) is 10.6 Å². The highest BCUT2D eigenvalue weighted by Crippen LogP contribution is 2.31. The molecule has 0 aliphatic rings. The van der Waals surface area contributed by atoms with Crippen LogP contribution in [-0.4, -0.2) is 49.1 Å². The minimum Gasteiger partial charge on any atom is -0.494 e. The third-order valence-electron chi connectivity index (χ3n) is 2.93. The van der Waals surface area contributed by atoms with Crippen molar-refractivity contribution in [1.82, 2.24) is 20.5 Å². The van der Waals surface area contributed by atoms with Gasteiger partial charge in [-0.15, -0.1) is 10.2 Å². The Hall–Kier alpha value is -1.57. The summed E-state index contributed by atoms with van der Waals surface area (Å²) < 4.78 is 10.3. The summed E-state index contributed by atoms with van der Waals surface area (Å²) in [6.45, 7) is 2.58. The van der Waals surface area contributed by atoms with E-state index in [0.717, 1.165) is 53.9 Å². The number of rotatable bonds is 9. The van der Waals surface area contributed by atoms with E-state index in [-0.39, 0.29) is 0 Å². The average molecular weight is 308 g/mol. The van der Waals surface area contributed by atoms with E-state index in [2.05, 4.69) is 20.5 Å². The van der Waals surface area contributed by atoms with Crippen molar-refractivity contribution in [2.45, 2.75) is 12.8 Å².